The Bertz CT molecular complexity index is 751. The molecule has 0 aromatic heterocycles. The summed E-state index contributed by atoms with van der Waals surface area (Å²) in [5, 5.41) is 12.6. The summed E-state index contributed by atoms with van der Waals surface area (Å²) in [7, 11) is 0. The fourth-order valence-electron chi connectivity index (χ4n) is 3.27. The Morgan fingerprint density at radius 1 is 0.963 bits per heavy atom. The highest BCUT2D eigenvalue weighted by Gasteiger charge is 2.15. The van der Waals surface area contributed by atoms with Crippen molar-refractivity contribution in [1.82, 2.24) is 10.2 Å². The molecule has 27 heavy (non-hydrogen) atoms. The topological polar surface area (TPSA) is 38.7 Å². The highest BCUT2D eigenvalue weighted by molar-refractivity contribution is 5.51. The van der Waals surface area contributed by atoms with E-state index in [-0.39, 0.29) is 0 Å². The van der Waals surface area contributed by atoms with Crippen LogP contribution in [0, 0.1) is 11.8 Å². The molecular weight excluding hydrogens is 334 g/mol. The van der Waals surface area contributed by atoms with E-state index < -0.39 is 0 Å². The lowest BCUT2D eigenvalue weighted by molar-refractivity contribution is 0.271. The van der Waals surface area contributed by atoms with E-state index in [0.717, 1.165) is 51.3 Å². The van der Waals surface area contributed by atoms with Gasteiger partial charge in [-0.25, -0.2) is 0 Å². The standard InChI is InChI=1S/C23H29N3O/c1-2-25-16-18-26(19-17-25)22-9-5-20(6-10-22)4-3-14-24-15-13-21-7-11-23(27)12-8-21/h5-12,24,27H,2,13-19H2,1H3. The Labute approximate surface area is 162 Å². The Morgan fingerprint density at radius 3 is 2.33 bits per heavy atom. The van der Waals surface area contributed by atoms with Gasteiger partial charge in [-0.15, -0.1) is 0 Å². The zero-order valence-corrected chi connectivity index (χ0v) is 16.1. The molecule has 1 saturated heterocycles. The van der Waals surface area contributed by atoms with Crippen molar-refractivity contribution in [2.24, 2.45) is 0 Å². The quantitative estimate of drug-likeness (QED) is 0.611. The van der Waals surface area contributed by atoms with E-state index in [9.17, 15) is 5.11 Å². The van der Waals surface area contributed by atoms with Crippen molar-refractivity contribution < 1.29 is 5.11 Å². The smallest absolute Gasteiger partial charge is 0.115 e. The van der Waals surface area contributed by atoms with Crippen molar-refractivity contribution in [2.75, 3.05) is 50.7 Å². The first-order valence-electron chi connectivity index (χ1n) is 9.79. The molecule has 0 bridgehead atoms. The molecule has 142 valence electrons. The number of nitrogens with one attached hydrogen (secondary N) is 1. The first kappa shape index (κ1) is 19.3. The van der Waals surface area contributed by atoms with Crippen molar-refractivity contribution >= 4 is 5.69 Å². The predicted octanol–water partition coefficient (Wildman–Crippen LogP) is 2.72. The van der Waals surface area contributed by atoms with Crippen LogP contribution in [-0.4, -0.2) is 55.8 Å². The van der Waals surface area contributed by atoms with E-state index in [0.29, 0.717) is 12.3 Å². The molecule has 2 N–H and O–H groups in total. The van der Waals surface area contributed by atoms with Crippen molar-refractivity contribution in [3.05, 3.63) is 59.7 Å². The minimum atomic E-state index is 0.312. The summed E-state index contributed by atoms with van der Waals surface area (Å²) in [6.45, 7) is 9.42. The molecule has 3 rings (SSSR count). The van der Waals surface area contributed by atoms with Crippen molar-refractivity contribution in [3.8, 4) is 17.6 Å². The number of hydrogen-bond acceptors (Lipinski definition) is 4. The maximum atomic E-state index is 9.28. The van der Waals surface area contributed by atoms with Gasteiger partial charge in [0.25, 0.3) is 0 Å². The van der Waals surface area contributed by atoms with Crippen molar-refractivity contribution in [2.45, 2.75) is 13.3 Å². The lowest BCUT2D eigenvalue weighted by atomic mass is 10.1. The third-order valence-corrected chi connectivity index (χ3v) is 5.02. The Kier molecular flexibility index (Phi) is 7.15. The molecule has 2 aromatic rings. The average molecular weight is 364 g/mol. The van der Waals surface area contributed by atoms with Crippen LogP contribution in [0.4, 0.5) is 5.69 Å². The van der Waals surface area contributed by atoms with E-state index >= 15 is 0 Å². The molecule has 4 heteroatoms. The van der Waals surface area contributed by atoms with Gasteiger partial charge in [0.15, 0.2) is 0 Å². The van der Waals surface area contributed by atoms with E-state index in [1.807, 2.05) is 12.1 Å². The molecule has 2 aromatic carbocycles. The van der Waals surface area contributed by atoms with Gasteiger partial charge in [-0.1, -0.05) is 30.9 Å². The Balaban J connectivity index is 1.39. The van der Waals surface area contributed by atoms with Gasteiger partial charge in [0.1, 0.15) is 5.75 Å². The minimum absolute atomic E-state index is 0.312. The maximum absolute atomic E-state index is 9.28. The van der Waals surface area contributed by atoms with Crippen LogP contribution in [0.5, 0.6) is 5.75 Å². The summed E-state index contributed by atoms with van der Waals surface area (Å²) < 4.78 is 0. The average Bonchev–Trinajstić information content (AvgIpc) is 2.72. The molecule has 0 aliphatic carbocycles. The Hall–Kier alpha value is -2.48. The second-order valence-electron chi connectivity index (χ2n) is 6.86. The molecule has 0 saturated carbocycles. The number of nitrogens with zero attached hydrogens (tertiary/aromatic N) is 2. The zero-order chi connectivity index (χ0) is 18.9. The Morgan fingerprint density at radius 2 is 1.67 bits per heavy atom. The summed E-state index contributed by atoms with van der Waals surface area (Å²) in [5.74, 6) is 6.72. The van der Waals surface area contributed by atoms with Crippen LogP contribution < -0.4 is 10.2 Å². The molecule has 0 amide bonds. The lowest BCUT2D eigenvalue weighted by Crippen LogP contribution is -2.46. The second-order valence-corrected chi connectivity index (χ2v) is 6.86. The van der Waals surface area contributed by atoms with Gasteiger partial charge in [-0.2, -0.15) is 0 Å². The SMILES string of the molecule is CCN1CCN(c2ccc(C#CCNCCc3ccc(O)cc3)cc2)CC1. The van der Waals surface area contributed by atoms with Crippen molar-refractivity contribution in [3.63, 3.8) is 0 Å². The third kappa shape index (κ3) is 6.02. The highest BCUT2D eigenvalue weighted by Crippen LogP contribution is 2.17. The summed E-state index contributed by atoms with van der Waals surface area (Å²) in [4.78, 5) is 4.94. The van der Waals surface area contributed by atoms with Gasteiger partial charge >= 0.3 is 0 Å². The van der Waals surface area contributed by atoms with Gasteiger partial charge in [0.05, 0.1) is 6.54 Å². The van der Waals surface area contributed by atoms with E-state index in [1.54, 1.807) is 12.1 Å². The zero-order valence-electron chi connectivity index (χ0n) is 16.1. The van der Waals surface area contributed by atoms with E-state index in [1.165, 1.54) is 11.3 Å². The van der Waals surface area contributed by atoms with Crippen LogP contribution >= 0.6 is 0 Å². The van der Waals surface area contributed by atoms with Crippen molar-refractivity contribution in [1.29, 1.82) is 0 Å². The molecular formula is C23H29N3O. The monoisotopic (exact) mass is 363 g/mol. The molecule has 0 atom stereocenters. The fraction of sp³-hybridized carbons (Fsp3) is 0.391. The number of likely N-dealkylation sites (N-methyl/N-ethyl adjacent to an activating group) is 1. The van der Waals surface area contributed by atoms with Gasteiger partial charge < -0.3 is 20.2 Å². The molecule has 1 heterocycles. The van der Waals surface area contributed by atoms with Gasteiger partial charge in [-0.3, -0.25) is 0 Å². The molecule has 1 aliphatic rings. The normalized spacial score (nSPS) is 14.6. The molecule has 1 fully saturated rings. The maximum Gasteiger partial charge on any atom is 0.115 e. The molecule has 1 aliphatic heterocycles. The fourth-order valence-corrected chi connectivity index (χ4v) is 3.27. The van der Waals surface area contributed by atoms with Crippen LogP contribution in [0.15, 0.2) is 48.5 Å². The highest BCUT2D eigenvalue weighted by atomic mass is 16.3. The predicted molar refractivity (Wildman–Crippen MR) is 112 cm³/mol. The number of piperazine rings is 1. The van der Waals surface area contributed by atoms with Gasteiger partial charge in [-0.05, 0) is 54.9 Å². The number of anilines is 1. The molecule has 0 spiro atoms. The lowest BCUT2D eigenvalue weighted by Gasteiger charge is -2.35. The first-order chi connectivity index (χ1) is 13.2. The summed E-state index contributed by atoms with van der Waals surface area (Å²) in [6, 6.07) is 16.0. The number of phenols is 1. The van der Waals surface area contributed by atoms with E-state index in [2.05, 4.69) is 58.1 Å². The summed E-state index contributed by atoms with van der Waals surface area (Å²) >= 11 is 0. The van der Waals surface area contributed by atoms with Crippen LogP contribution in [0.3, 0.4) is 0 Å². The van der Waals surface area contributed by atoms with Gasteiger partial charge in [0, 0.05) is 44.0 Å². The number of hydrogen-bond donors (Lipinski definition) is 2. The van der Waals surface area contributed by atoms with Crippen LogP contribution in [0.2, 0.25) is 0 Å². The number of rotatable bonds is 6. The largest absolute Gasteiger partial charge is 0.508 e. The first-order valence-corrected chi connectivity index (χ1v) is 9.79. The van der Waals surface area contributed by atoms with Crippen LogP contribution in [0.25, 0.3) is 0 Å². The van der Waals surface area contributed by atoms with E-state index in [4.69, 9.17) is 0 Å². The summed E-state index contributed by atoms with van der Waals surface area (Å²) in [6.07, 6.45) is 0.932. The minimum Gasteiger partial charge on any atom is -0.508 e. The van der Waals surface area contributed by atoms with Gasteiger partial charge in [0.2, 0.25) is 0 Å². The van der Waals surface area contributed by atoms with Crippen LogP contribution in [-0.2, 0) is 6.42 Å². The number of benzene rings is 2. The number of phenolic OH excluding ortho intramolecular Hbond substituents is 1. The van der Waals surface area contributed by atoms with Crippen LogP contribution in [0.1, 0.15) is 18.1 Å². The number of aromatic hydroxyl groups is 1. The molecule has 0 unspecified atom stereocenters. The summed E-state index contributed by atoms with van der Waals surface area (Å²) in [5.41, 5.74) is 3.57. The second kappa shape index (κ2) is 10.0. The molecule has 4 nitrogen and oxygen atoms in total. The molecule has 0 radical (unpaired) electrons. The third-order valence-electron chi connectivity index (χ3n) is 5.02.